The molecular weight excluding hydrogens is 172 g/mol. The van der Waals surface area contributed by atoms with Crippen molar-refractivity contribution < 1.29 is 0 Å². The maximum absolute atomic E-state index is 5.91. The molecule has 1 unspecified atom stereocenters. The Labute approximate surface area is 87.8 Å². The van der Waals surface area contributed by atoms with E-state index in [1.165, 1.54) is 44.9 Å². The Hall–Kier alpha value is -0.0800. The first-order chi connectivity index (χ1) is 6.83. The first-order valence-electron chi connectivity index (χ1n) is 6.25. The normalized spacial score (nSPS) is 26.8. The average Bonchev–Trinajstić information content (AvgIpc) is 2.62. The van der Waals surface area contributed by atoms with Crippen molar-refractivity contribution in [3.63, 3.8) is 0 Å². The standard InChI is InChI=1S/C12H24N2/c1-14(11-7-2-3-8-11)12(9-13)10-5-4-6-10/h10-12H,2-9,13H2,1H3. The fourth-order valence-corrected chi connectivity index (χ4v) is 3.10. The molecule has 2 heteroatoms. The van der Waals surface area contributed by atoms with Crippen LogP contribution in [0, 0.1) is 5.92 Å². The van der Waals surface area contributed by atoms with E-state index in [0.29, 0.717) is 6.04 Å². The third-order valence-corrected chi connectivity index (χ3v) is 4.36. The molecule has 0 saturated heterocycles. The van der Waals surface area contributed by atoms with E-state index in [-0.39, 0.29) is 0 Å². The van der Waals surface area contributed by atoms with Gasteiger partial charge in [0.25, 0.3) is 0 Å². The molecule has 0 spiro atoms. The number of rotatable bonds is 4. The van der Waals surface area contributed by atoms with Crippen LogP contribution in [-0.4, -0.2) is 30.6 Å². The van der Waals surface area contributed by atoms with Gasteiger partial charge >= 0.3 is 0 Å². The highest BCUT2D eigenvalue weighted by Gasteiger charge is 2.32. The van der Waals surface area contributed by atoms with Gasteiger partial charge in [-0.3, -0.25) is 4.90 Å². The molecule has 0 heterocycles. The molecule has 0 bridgehead atoms. The van der Waals surface area contributed by atoms with Gasteiger partial charge in [0.1, 0.15) is 0 Å². The molecule has 2 aliphatic rings. The van der Waals surface area contributed by atoms with Crippen molar-refractivity contribution in [2.75, 3.05) is 13.6 Å². The van der Waals surface area contributed by atoms with E-state index in [0.717, 1.165) is 18.5 Å². The van der Waals surface area contributed by atoms with E-state index >= 15 is 0 Å². The molecule has 14 heavy (non-hydrogen) atoms. The average molecular weight is 196 g/mol. The van der Waals surface area contributed by atoms with Gasteiger partial charge in [0.2, 0.25) is 0 Å². The lowest BCUT2D eigenvalue weighted by atomic mass is 9.78. The van der Waals surface area contributed by atoms with Crippen LogP contribution in [0.25, 0.3) is 0 Å². The van der Waals surface area contributed by atoms with Gasteiger partial charge in [-0.1, -0.05) is 19.3 Å². The minimum atomic E-state index is 0.673. The molecule has 0 aromatic carbocycles. The van der Waals surface area contributed by atoms with E-state index in [1.807, 2.05) is 0 Å². The Kier molecular flexibility index (Phi) is 3.45. The minimum absolute atomic E-state index is 0.673. The third kappa shape index (κ3) is 1.96. The SMILES string of the molecule is CN(C1CCCC1)C(CN)C1CCC1. The summed E-state index contributed by atoms with van der Waals surface area (Å²) < 4.78 is 0. The van der Waals surface area contributed by atoms with E-state index in [1.54, 1.807) is 0 Å². The quantitative estimate of drug-likeness (QED) is 0.745. The first kappa shape index (κ1) is 10.4. The maximum Gasteiger partial charge on any atom is 0.0246 e. The summed E-state index contributed by atoms with van der Waals surface area (Å²) >= 11 is 0. The molecule has 2 saturated carbocycles. The molecule has 0 aromatic rings. The van der Waals surface area contributed by atoms with Crippen molar-refractivity contribution in [1.82, 2.24) is 4.90 Å². The summed E-state index contributed by atoms with van der Waals surface area (Å²) in [6.45, 7) is 0.859. The molecule has 0 amide bonds. The van der Waals surface area contributed by atoms with Crippen LogP contribution in [0.4, 0.5) is 0 Å². The molecule has 2 fully saturated rings. The van der Waals surface area contributed by atoms with Gasteiger partial charge in [-0.15, -0.1) is 0 Å². The molecular formula is C12H24N2. The van der Waals surface area contributed by atoms with Gasteiger partial charge in [-0.2, -0.15) is 0 Å². The number of likely N-dealkylation sites (N-methyl/N-ethyl adjacent to an activating group) is 1. The molecule has 2 N–H and O–H groups in total. The number of hydrogen-bond acceptors (Lipinski definition) is 2. The van der Waals surface area contributed by atoms with Crippen LogP contribution in [0.3, 0.4) is 0 Å². The van der Waals surface area contributed by atoms with Crippen molar-refractivity contribution in [1.29, 1.82) is 0 Å². The topological polar surface area (TPSA) is 29.3 Å². The van der Waals surface area contributed by atoms with Crippen molar-refractivity contribution in [2.24, 2.45) is 11.7 Å². The van der Waals surface area contributed by atoms with E-state index < -0.39 is 0 Å². The van der Waals surface area contributed by atoms with E-state index in [9.17, 15) is 0 Å². The molecule has 2 aliphatic carbocycles. The summed E-state index contributed by atoms with van der Waals surface area (Å²) in [5.74, 6) is 0.908. The highest BCUT2D eigenvalue weighted by atomic mass is 15.2. The molecule has 82 valence electrons. The van der Waals surface area contributed by atoms with Gasteiger partial charge in [-0.25, -0.2) is 0 Å². The molecule has 0 aromatic heterocycles. The van der Waals surface area contributed by atoms with Gasteiger partial charge in [-0.05, 0) is 38.6 Å². The largest absolute Gasteiger partial charge is 0.329 e. The number of hydrogen-bond donors (Lipinski definition) is 1. The predicted octanol–water partition coefficient (Wildman–Crippen LogP) is 1.99. The highest BCUT2D eigenvalue weighted by molar-refractivity contribution is 4.88. The van der Waals surface area contributed by atoms with Crippen molar-refractivity contribution in [3.05, 3.63) is 0 Å². The second-order valence-corrected chi connectivity index (χ2v) is 5.10. The summed E-state index contributed by atoms with van der Waals surface area (Å²) in [6, 6.07) is 1.51. The Morgan fingerprint density at radius 3 is 2.21 bits per heavy atom. The summed E-state index contributed by atoms with van der Waals surface area (Å²) in [4.78, 5) is 2.59. The van der Waals surface area contributed by atoms with E-state index in [4.69, 9.17) is 5.73 Å². The first-order valence-corrected chi connectivity index (χ1v) is 6.25. The fourth-order valence-electron chi connectivity index (χ4n) is 3.10. The molecule has 2 rings (SSSR count). The molecule has 1 atom stereocenters. The Morgan fingerprint density at radius 1 is 1.14 bits per heavy atom. The number of nitrogens with two attached hydrogens (primary N) is 1. The van der Waals surface area contributed by atoms with Crippen LogP contribution < -0.4 is 5.73 Å². The summed E-state index contributed by atoms with van der Waals surface area (Å²) in [5, 5.41) is 0. The summed E-state index contributed by atoms with van der Waals surface area (Å²) in [6.07, 6.45) is 9.92. The van der Waals surface area contributed by atoms with Crippen molar-refractivity contribution in [3.8, 4) is 0 Å². The van der Waals surface area contributed by atoms with Gasteiger partial charge in [0, 0.05) is 18.6 Å². The smallest absolute Gasteiger partial charge is 0.0246 e. The van der Waals surface area contributed by atoms with Gasteiger partial charge in [0.05, 0.1) is 0 Å². The lowest BCUT2D eigenvalue weighted by Gasteiger charge is -2.41. The molecule has 0 aliphatic heterocycles. The third-order valence-electron chi connectivity index (χ3n) is 4.36. The molecule has 0 radical (unpaired) electrons. The second kappa shape index (κ2) is 4.63. The summed E-state index contributed by atoms with van der Waals surface area (Å²) in [7, 11) is 2.30. The van der Waals surface area contributed by atoms with Crippen LogP contribution in [0.2, 0.25) is 0 Å². The van der Waals surface area contributed by atoms with Crippen molar-refractivity contribution in [2.45, 2.75) is 57.0 Å². The Morgan fingerprint density at radius 2 is 1.79 bits per heavy atom. The zero-order chi connectivity index (χ0) is 9.97. The Bertz CT molecular complexity index is 171. The second-order valence-electron chi connectivity index (χ2n) is 5.10. The zero-order valence-electron chi connectivity index (χ0n) is 9.41. The highest BCUT2D eigenvalue weighted by Crippen LogP contribution is 2.34. The van der Waals surface area contributed by atoms with Gasteiger partial charge in [0.15, 0.2) is 0 Å². The van der Waals surface area contributed by atoms with Crippen LogP contribution >= 0.6 is 0 Å². The van der Waals surface area contributed by atoms with Crippen LogP contribution in [0.5, 0.6) is 0 Å². The molecule has 2 nitrogen and oxygen atoms in total. The maximum atomic E-state index is 5.91. The van der Waals surface area contributed by atoms with Crippen LogP contribution in [-0.2, 0) is 0 Å². The zero-order valence-corrected chi connectivity index (χ0v) is 9.41. The summed E-state index contributed by atoms with van der Waals surface area (Å²) in [5.41, 5.74) is 5.91. The lowest BCUT2D eigenvalue weighted by molar-refractivity contribution is 0.0890. The minimum Gasteiger partial charge on any atom is -0.329 e. The fraction of sp³-hybridized carbons (Fsp3) is 1.00. The Balaban J connectivity index is 1.88. The van der Waals surface area contributed by atoms with Crippen LogP contribution in [0.1, 0.15) is 44.9 Å². The lowest BCUT2D eigenvalue weighted by Crippen LogP contribution is -2.49. The number of nitrogens with zero attached hydrogens (tertiary/aromatic N) is 1. The predicted molar refractivity (Wildman–Crippen MR) is 60.2 cm³/mol. The van der Waals surface area contributed by atoms with Gasteiger partial charge < -0.3 is 5.73 Å². The van der Waals surface area contributed by atoms with E-state index in [2.05, 4.69) is 11.9 Å². The van der Waals surface area contributed by atoms with Crippen LogP contribution in [0.15, 0.2) is 0 Å². The monoisotopic (exact) mass is 196 g/mol. The van der Waals surface area contributed by atoms with Crippen molar-refractivity contribution >= 4 is 0 Å².